The summed E-state index contributed by atoms with van der Waals surface area (Å²) in [6, 6.07) is 7.94. The second kappa shape index (κ2) is 7.05. The molecule has 1 aliphatic heterocycles. The fourth-order valence-electron chi connectivity index (χ4n) is 3.91. The normalized spacial score (nSPS) is 24.3. The van der Waals surface area contributed by atoms with Crippen molar-refractivity contribution in [1.29, 1.82) is 0 Å². The van der Waals surface area contributed by atoms with Gasteiger partial charge in [-0.05, 0) is 54.0 Å². The Morgan fingerprint density at radius 1 is 1.16 bits per heavy atom. The van der Waals surface area contributed by atoms with E-state index < -0.39 is 0 Å². The molecule has 2 aliphatic rings. The maximum absolute atomic E-state index is 11.9. The molecule has 3 atom stereocenters. The van der Waals surface area contributed by atoms with Gasteiger partial charge in [-0.25, -0.2) is 0 Å². The molecule has 128 valence electrons. The number of hydrogen-bond acceptors (Lipinski definition) is 4. The Morgan fingerprint density at radius 2 is 1.96 bits per heavy atom. The number of aromatic nitrogens is 2. The first kappa shape index (κ1) is 15.8. The first-order chi connectivity index (χ1) is 12.3. The molecule has 1 aliphatic carbocycles. The zero-order chi connectivity index (χ0) is 17.1. The molecule has 0 aromatic carbocycles. The van der Waals surface area contributed by atoms with Crippen LogP contribution in [0, 0.1) is 17.8 Å². The summed E-state index contributed by atoms with van der Waals surface area (Å²) in [5, 5.41) is 2.99. The van der Waals surface area contributed by atoms with Crippen molar-refractivity contribution in [1.82, 2.24) is 15.3 Å². The highest BCUT2D eigenvalue weighted by atomic mass is 16.1. The molecule has 3 heterocycles. The Hall–Kier alpha value is -2.69. The third-order valence-corrected chi connectivity index (χ3v) is 5.29. The summed E-state index contributed by atoms with van der Waals surface area (Å²) in [6.07, 6.45) is 11.6. The summed E-state index contributed by atoms with van der Waals surface area (Å²) in [6.45, 7) is 3.02. The van der Waals surface area contributed by atoms with E-state index in [9.17, 15) is 4.79 Å². The second-order valence-electron chi connectivity index (χ2n) is 6.80. The predicted molar refractivity (Wildman–Crippen MR) is 97.8 cm³/mol. The number of pyridine rings is 2. The van der Waals surface area contributed by atoms with E-state index in [1.54, 1.807) is 24.5 Å². The predicted octanol–water partition coefficient (Wildman–Crippen LogP) is 2.38. The second-order valence-corrected chi connectivity index (χ2v) is 6.80. The lowest BCUT2D eigenvalue weighted by molar-refractivity contribution is -0.116. The van der Waals surface area contributed by atoms with E-state index in [-0.39, 0.29) is 5.91 Å². The molecule has 0 unspecified atom stereocenters. The van der Waals surface area contributed by atoms with E-state index in [0.29, 0.717) is 0 Å². The fraction of sp³-hybridized carbons (Fsp3) is 0.350. The van der Waals surface area contributed by atoms with Crippen LogP contribution in [0.3, 0.4) is 0 Å². The summed E-state index contributed by atoms with van der Waals surface area (Å²) < 4.78 is 0. The topological polar surface area (TPSA) is 58.1 Å². The smallest absolute Gasteiger partial charge is 0.244 e. The van der Waals surface area contributed by atoms with Gasteiger partial charge < -0.3 is 10.2 Å². The van der Waals surface area contributed by atoms with Crippen molar-refractivity contribution in [3.63, 3.8) is 0 Å². The first-order valence-electron chi connectivity index (χ1n) is 8.82. The molecule has 2 aromatic rings. The SMILES string of the molecule is O=C(/C=C/c1cccnc1)NCC[C@@H]1[C@H]2CN(c3ccncc3)C[C@@H]12. The number of amides is 1. The van der Waals surface area contributed by atoms with Crippen molar-refractivity contribution in [3.05, 3.63) is 60.7 Å². The van der Waals surface area contributed by atoms with Crippen molar-refractivity contribution < 1.29 is 4.79 Å². The Morgan fingerprint density at radius 3 is 2.68 bits per heavy atom. The molecule has 2 aromatic heterocycles. The molecular weight excluding hydrogens is 312 g/mol. The highest BCUT2D eigenvalue weighted by molar-refractivity contribution is 5.91. The highest BCUT2D eigenvalue weighted by Crippen LogP contribution is 2.54. The van der Waals surface area contributed by atoms with Gasteiger partial charge >= 0.3 is 0 Å². The zero-order valence-electron chi connectivity index (χ0n) is 14.1. The van der Waals surface area contributed by atoms with Gasteiger partial charge in [0.25, 0.3) is 0 Å². The van der Waals surface area contributed by atoms with Crippen LogP contribution in [0.4, 0.5) is 5.69 Å². The number of carbonyl (C=O) groups is 1. The molecule has 0 bridgehead atoms. The molecule has 25 heavy (non-hydrogen) atoms. The Kier molecular flexibility index (Phi) is 4.46. The van der Waals surface area contributed by atoms with Crippen LogP contribution < -0.4 is 10.2 Å². The lowest BCUT2D eigenvalue weighted by Gasteiger charge is -2.21. The molecule has 0 spiro atoms. The van der Waals surface area contributed by atoms with E-state index in [0.717, 1.165) is 49.4 Å². The van der Waals surface area contributed by atoms with Gasteiger partial charge in [0, 0.05) is 56.2 Å². The summed E-state index contributed by atoms with van der Waals surface area (Å²) in [5.74, 6) is 2.31. The molecular formula is C20H22N4O. The van der Waals surface area contributed by atoms with Crippen LogP contribution in [0.2, 0.25) is 0 Å². The van der Waals surface area contributed by atoms with E-state index in [4.69, 9.17) is 0 Å². The quantitative estimate of drug-likeness (QED) is 0.824. The molecule has 1 saturated heterocycles. The lowest BCUT2D eigenvalue weighted by Crippen LogP contribution is -2.26. The van der Waals surface area contributed by atoms with Crippen molar-refractivity contribution >= 4 is 17.7 Å². The van der Waals surface area contributed by atoms with Crippen molar-refractivity contribution in [3.8, 4) is 0 Å². The minimum atomic E-state index is -0.0342. The number of carbonyl (C=O) groups excluding carboxylic acids is 1. The van der Waals surface area contributed by atoms with Gasteiger partial charge in [-0.2, -0.15) is 0 Å². The molecule has 5 nitrogen and oxygen atoms in total. The van der Waals surface area contributed by atoms with Gasteiger partial charge in [0.05, 0.1) is 0 Å². The van der Waals surface area contributed by atoms with Gasteiger partial charge in [0.15, 0.2) is 0 Å². The molecule has 5 heteroatoms. The molecule has 0 radical (unpaired) electrons. The summed E-state index contributed by atoms with van der Waals surface area (Å²) in [4.78, 5) is 22.4. The van der Waals surface area contributed by atoms with Crippen LogP contribution in [-0.2, 0) is 4.79 Å². The van der Waals surface area contributed by atoms with Crippen LogP contribution in [0.15, 0.2) is 55.1 Å². The largest absolute Gasteiger partial charge is 0.371 e. The minimum absolute atomic E-state index is 0.0342. The van der Waals surface area contributed by atoms with Crippen molar-refractivity contribution in [2.75, 3.05) is 24.5 Å². The van der Waals surface area contributed by atoms with Crippen molar-refractivity contribution in [2.45, 2.75) is 6.42 Å². The number of hydrogen-bond donors (Lipinski definition) is 1. The summed E-state index contributed by atoms with van der Waals surface area (Å²) in [5.41, 5.74) is 2.21. The van der Waals surface area contributed by atoms with Crippen LogP contribution >= 0.6 is 0 Å². The highest BCUT2D eigenvalue weighted by Gasteiger charge is 2.54. The van der Waals surface area contributed by atoms with E-state index >= 15 is 0 Å². The number of rotatable bonds is 6. The van der Waals surface area contributed by atoms with Gasteiger partial charge in [0.1, 0.15) is 0 Å². The van der Waals surface area contributed by atoms with Gasteiger partial charge in [0.2, 0.25) is 5.91 Å². The molecule has 2 fully saturated rings. The van der Waals surface area contributed by atoms with E-state index in [2.05, 4.69) is 32.3 Å². The minimum Gasteiger partial charge on any atom is -0.371 e. The zero-order valence-corrected chi connectivity index (χ0v) is 14.1. The molecule has 4 rings (SSSR count). The van der Waals surface area contributed by atoms with Gasteiger partial charge in [-0.1, -0.05) is 6.07 Å². The third kappa shape index (κ3) is 3.71. The monoisotopic (exact) mass is 334 g/mol. The Bertz CT molecular complexity index is 735. The van der Waals surface area contributed by atoms with Crippen LogP contribution in [-0.4, -0.2) is 35.5 Å². The first-order valence-corrected chi connectivity index (χ1v) is 8.82. The average molecular weight is 334 g/mol. The number of anilines is 1. The maximum Gasteiger partial charge on any atom is 0.244 e. The molecule has 1 amide bonds. The standard InChI is InChI=1S/C20H22N4O/c25-20(4-3-15-2-1-8-22-12-15)23-11-7-17-18-13-24(14-19(17)18)16-5-9-21-10-6-16/h1-6,8-10,12,17-19H,7,11,13-14H2,(H,23,25)/b4-3+/t17-,18-,19+. The van der Waals surface area contributed by atoms with E-state index in [1.807, 2.05) is 24.5 Å². The summed E-state index contributed by atoms with van der Waals surface area (Å²) >= 11 is 0. The number of nitrogens with one attached hydrogen (secondary N) is 1. The fourth-order valence-corrected chi connectivity index (χ4v) is 3.91. The number of fused-ring (bicyclic) bond motifs is 1. The van der Waals surface area contributed by atoms with Gasteiger partial charge in [-0.15, -0.1) is 0 Å². The van der Waals surface area contributed by atoms with Crippen molar-refractivity contribution in [2.24, 2.45) is 17.8 Å². The third-order valence-electron chi connectivity index (χ3n) is 5.29. The number of nitrogens with zero attached hydrogens (tertiary/aromatic N) is 3. The van der Waals surface area contributed by atoms with Crippen LogP contribution in [0.5, 0.6) is 0 Å². The van der Waals surface area contributed by atoms with Crippen LogP contribution in [0.25, 0.3) is 6.08 Å². The molecule has 1 saturated carbocycles. The van der Waals surface area contributed by atoms with Crippen LogP contribution in [0.1, 0.15) is 12.0 Å². The maximum atomic E-state index is 11.9. The lowest BCUT2D eigenvalue weighted by atomic mass is 10.2. The van der Waals surface area contributed by atoms with E-state index in [1.165, 1.54) is 5.69 Å². The Balaban J connectivity index is 1.17. The number of piperidine rings is 1. The summed E-state index contributed by atoms with van der Waals surface area (Å²) in [7, 11) is 0. The van der Waals surface area contributed by atoms with Gasteiger partial charge in [-0.3, -0.25) is 14.8 Å². The Labute approximate surface area is 147 Å². The average Bonchev–Trinajstić information content (AvgIpc) is 3.11. The molecule has 1 N–H and O–H groups in total.